The van der Waals surface area contributed by atoms with Crippen LogP contribution in [0.25, 0.3) is 10.8 Å². The van der Waals surface area contributed by atoms with Crippen LogP contribution in [-0.2, 0) is 10.0 Å². The SMILES string of the molecule is N#Cc1ccc(C(=O)Nc2ccc(/C=N\NS(=O)(=O)c3ccc4ccccc4c3)cc2)cc1. The predicted molar refractivity (Wildman–Crippen MR) is 127 cm³/mol. The molecule has 0 heterocycles. The second-order valence-electron chi connectivity index (χ2n) is 7.13. The number of amides is 1. The maximum Gasteiger partial charge on any atom is 0.276 e. The minimum Gasteiger partial charge on any atom is -0.322 e. The minimum atomic E-state index is -3.81. The molecule has 8 heteroatoms. The lowest BCUT2D eigenvalue weighted by atomic mass is 10.1. The highest BCUT2D eigenvalue weighted by molar-refractivity contribution is 7.89. The fourth-order valence-corrected chi connectivity index (χ4v) is 3.94. The number of hydrogen-bond acceptors (Lipinski definition) is 5. The monoisotopic (exact) mass is 454 g/mol. The van der Waals surface area contributed by atoms with E-state index in [1.807, 2.05) is 30.3 Å². The first-order chi connectivity index (χ1) is 15.9. The first-order valence-electron chi connectivity index (χ1n) is 9.90. The Hall–Kier alpha value is -4.48. The van der Waals surface area contributed by atoms with Gasteiger partial charge in [-0.15, -0.1) is 0 Å². The van der Waals surface area contributed by atoms with Gasteiger partial charge in [-0.05, 0) is 64.9 Å². The van der Waals surface area contributed by atoms with Crippen molar-refractivity contribution in [1.82, 2.24) is 4.83 Å². The largest absolute Gasteiger partial charge is 0.322 e. The fourth-order valence-electron chi connectivity index (χ4n) is 3.11. The summed E-state index contributed by atoms with van der Waals surface area (Å²) in [6, 6.07) is 27.4. The molecule has 33 heavy (non-hydrogen) atoms. The number of carbonyl (C=O) groups excluding carboxylic acids is 1. The number of nitriles is 1. The highest BCUT2D eigenvalue weighted by atomic mass is 32.2. The van der Waals surface area contributed by atoms with Gasteiger partial charge in [-0.3, -0.25) is 4.79 Å². The Morgan fingerprint density at radius 3 is 2.27 bits per heavy atom. The zero-order valence-electron chi connectivity index (χ0n) is 17.3. The highest BCUT2D eigenvalue weighted by Crippen LogP contribution is 2.19. The summed E-state index contributed by atoms with van der Waals surface area (Å²) in [5.74, 6) is -0.302. The number of benzene rings is 4. The number of rotatable bonds is 6. The second-order valence-corrected chi connectivity index (χ2v) is 8.79. The molecule has 0 saturated heterocycles. The third-order valence-corrected chi connectivity index (χ3v) is 6.08. The molecular formula is C25H18N4O3S. The molecule has 162 valence electrons. The van der Waals surface area contributed by atoms with Gasteiger partial charge in [0.1, 0.15) is 0 Å². The number of anilines is 1. The molecule has 0 aliphatic heterocycles. The lowest BCUT2D eigenvalue weighted by molar-refractivity contribution is 0.102. The van der Waals surface area contributed by atoms with Crippen LogP contribution in [0.1, 0.15) is 21.5 Å². The topological polar surface area (TPSA) is 111 Å². The maximum absolute atomic E-state index is 12.5. The van der Waals surface area contributed by atoms with E-state index in [1.54, 1.807) is 60.7 Å². The lowest BCUT2D eigenvalue weighted by Crippen LogP contribution is -2.18. The number of nitrogens with one attached hydrogen (secondary N) is 2. The molecule has 2 N–H and O–H groups in total. The highest BCUT2D eigenvalue weighted by Gasteiger charge is 2.13. The summed E-state index contributed by atoms with van der Waals surface area (Å²) in [7, 11) is -3.81. The molecule has 7 nitrogen and oxygen atoms in total. The molecular weight excluding hydrogens is 436 g/mol. The molecule has 4 rings (SSSR count). The van der Waals surface area contributed by atoms with Crippen LogP contribution in [-0.4, -0.2) is 20.5 Å². The number of hydrazone groups is 1. The van der Waals surface area contributed by atoms with E-state index in [0.717, 1.165) is 10.8 Å². The van der Waals surface area contributed by atoms with Gasteiger partial charge in [0.15, 0.2) is 0 Å². The van der Waals surface area contributed by atoms with Crippen LogP contribution < -0.4 is 10.1 Å². The van der Waals surface area contributed by atoms with Crippen molar-refractivity contribution in [3.63, 3.8) is 0 Å². The van der Waals surface area contributed by atoms with Crippen molar-refractivity contribution in [3.05, 3.63) is 108 Å². The third-order valence-electron chi connectivity index (χ3n) is 4.86. The van der Waals surface area contributed by atoms with Crippen LogP contribution in [0, 0.1) is 11.3 Å². The number of sulfonamides is 1. The van der Waals surface area contributed by atoms with Crippen molar-refractivity contribution in [2.24, 2.45) is 5.10 Å². The number of fused-ring (bicyclic) bond motifs is 1. The number of hydrogen-bond donors (Lipinski definition) is 2. The van der Waals surface area contributed by atoms with Crippen LogP contribution in [0.15, 0.2) is 101 Å². The summed E-state index contributed by atoms with van der Waals surface area (Å²) >= 11 is 0. The van der Waals surface area contributed by atoms with Crippen LogP contribution in [0.5, 0.6) is 0 Å². The summed E-state index contributed by atoms with van der Waals surface area (Å²) in [6.45, 7) is 0. The van der Waals surface area contributed by atoms with Crippen molar-refractivity contribution in [3.8, 4) is 6.07 Å². The summed E-state index contributed by atoms with van der Waals surface area (Å²) in [6.07, 6.45) is 1.38. The van der Waals surface area contributed by atoms with Crippen molar-refractivity contribution >= 4 is 38.6 Å². The molecule has 4 aromatic carbocycles. The molecule has 0 unspecified atom stereocenters. The summed E-state index contributed by atoms with van der Waals surface area (Å²) < 4.78 is 25.1. The van der Waals surface area contributed by atoms with Crippen molar-refractivity contribution in [2.45, 2.75) is 4.90 Å². The molecule has 0 aromatic heterocycles. The average Bonchev–Trinajstić information content (AvgIpc) is 2.84. The minimum absolute atomic E-state index is 0.124. The van der Waals surface area contributed by atoms with Gasteiger partial charge in [0.25, 0.3) is 15.9 Å². The predicted octanol–water partition coefficient (Wildman–Crippen LogP) is 4.28. The Balaban J connectivity index is 1.39. The van der Waals surface area contributed by atoms with Crippen molar-refractivity contribution in [1.29, 1.82) is 5.26 Å². The van der Waals surface area contributed by atoms with Crippen LogP contribution in [0.2, 0.25) is 0 Å². The first-order valence-corrected chi connectivity index (χ1v) is 11.4. The van der Waals surface area contributed by atoms with Gasteiger partial charge >= 0.3 is 0 Å². The van der Waals surface area contributed by atoms with E-state index in [9.17, 15) is 13.2 Å². The molecule has 0 saturated carbocycles. The van der Waals surface area contributed by atoms with E-state index >= 15 is 0 Å². The Bertz CT molecular complexity index is 1490. The van der Waals surface area contributed by atoms with Gasteiger partial charge in [-0.1, -0.05) is 42.5 Å². The van der Waals surface area contributed by atoms with E-state index < -0.39 is 10.0 Å². The summed E-state index contributed by atoms with van der Waals surface area (Å²) in [5.41, 5.74) is 2.13. The zero-order chi connectivity index (χ0) is 23.3. The molecule has 0 aliphatic carbocycles. The van der Waals surface area contributed by atoms with E-state index in [0.29, 0.717) is 22.4 Å². The van der Waals surface area contributed by atoms with E-state index in [4.69, 9.17) is 5.26 Å². The molecule has 4 aromatic rings. The van der Waals surface area contributed by atoms with Gasteiger partial charge in [0.05, 0.1) is 22.7 Å². The van der Waals surface area contributed by atoms with Gasteiger partial charge in [0, 0.05) is 11.3 Å². The van der Waals surface area contributed by atoms with Crippen LogP contribution in [0.3, 0.4) is 0 Å². The maximum atomic E-state index is 12.5. The number of carbonyl (C=O) groups is 1. The summed E-state index contributed by atoms with van der Waals surface area (Å²) in [5, 5.41) is 17.2. The fraction of sp³-hybridized carbons (Fsp3) is 0. The number of nitrogens with zero attached hydrogens (tertiary/aromatic N) is 2. The Morgan fingerprint density at radius 1 is 0.879 bits per heavy atom. The van der Waals surface area contributed by atoms with E-state index in [1.165, 1.54) is 12.3 Å². The Kier molecular flexibility index (Phi) is 6.15. The molecule has 0 fully saturated rings. The Labute approximate surface area is 191 Å². The second kappa shape index (κ2) is 9.34. The quantitative estimate of drug-likeness (QED) is 0.335. The van der Waals surface area contributed by atoms with Crippen LogP contribution in [0.4, 0.5) is 5.69 Å². The first kappa shape index (κ1) is 21.7. The van der Waals surface area contributed by atoms with Crippen LogP contribution >= 0.6 is 0 Å². The van der Waals surface area contributed by atoms with Crippen molar-refractivity contribution < 1.29 is 13.2 Å². The molecule has 0 bridgehead atoms. The lowest BCUT2D eigenvalue weighted by Gasteiger charge is -2.06. The van der Waals surface area contributed by atoms with Crippen molar-refractivity contribution in [2.75, 3.05) is 5.32 Å². The Morgan fingerprint density at radius 2 is 1.58 bits per heavy atom. The normalized spacial score (nSPS) is 11.2. The van der Waals surface area contributed by atoms with E-state index in [2.05, 4.69) is 15.2 Å². The smallest absolute Gasteiger partial charge is 0.276 e. The molecule has 0 spiro atoms. The molecule has 0 radical (unpaired) electrons. The summed E-state index contributed by atoms with van der Waals surface area (Å²) in [4.78, 5) is 14.6. The van der Waals surface area contributed by atoms with Gasteiger partial charge < -0.3 is 5.32 Å². The van der Waals surface area contributed by atoms with Gasteiger partial charge in [-0.2, -0.15) is 18.8 Å². The molecule has 0 atom stereocenters. The van der Waals surface area contributed by atoms with E-state index in [-0.39, 0.29) is 10.8 Å². The van der Waals surface area contributed by atoms with Gasteiger partial charge in [-0.25, -0.2) is 4.83 Å². The zero-order valence-corrected chi connectivity index (χ0v) is 18.1. The third kappa shape index (κ3) is 5.23. The molecule has 1 amide bonds. The average molecular weight is 455 g/mol. The van der Waals surface area contributed by atoms with Gasteiger partial charge in [0.2, 0.25) is 0 Å². The molecule has 0 aliphatic rings. The standard InChI is InChI=1S/C25H18N4O3S/c26-16-18-5-9-21(10-6-18)25(30)28-23-12-7-19(8-13-23)17-27-29-33(31,32)24-14-11-20-3-1-2-4-22(20)15-24/h1-15,17,29H,(H,28,30)/b27-17-.